The SMILES string of the molecule is CCc1ccc(CN(C)C(=NC)NCc2ccc(S(=O)(=O)NC)cc2)cc1. The van der Waals surface area contributed by atoms with Crippen LogP contribution < -0.4 is 10.0 Å². The monoisotopic (exact) mass is 388 g/mol. The standard InChI is InChI=1S/C20H28N4O2S/c1-5-16-6-8-18(9-7-16)15-24(4)20(21-2)23-14-17-10-12-19(13-11-17)27(25,26)22-3/h6-13,22H,5,14-15H2,1-4H3,(H,21,23). The van der Waals surface area contributed by atoms with Crippen molar-refractivity contribution >= 4 is 16.0 Å². The number of aryl methyl sites for hydroxylation is 1. The van der Waals surface area contributed by atoms with Gasteiger partial charge in [-0.1, -0.05) is 43.3 Å². The molecular formula is C20H28N4O2S. The molecule has 0 aliphatic carbocycles. The number of nitrogens with one attached hydrogen (secondary N) is 2. The van der Waals surface area contributed by atoms with Crippen molar-refractivity contribution in [3.8, 4) is 0 Å². The van der Waals surface area contributed by atoms with Crippen molar-refractivity contribution in [1.29, 1.82) is 0 Å². The fourth-order valence-corrected chi connectivity index (χ4v) is 3.43. The van der Waals surface area contributed by atoms with Crippen LogP contribution >= 0.6 is 0 Å². The fourth-order valence-electron chi connectivity index (χ4n) is 2.70. The predicted octanol–water partition coefficient (Wildman–Crippen LogP) is 2.36. The molecular weight excluding hydrogens is 360 g/mol. The van der Waals surface area contributed by atoms with Crippen molar-refractivity contribution < 1.29 is 8.42 Å². The van der Waals surface area contributed by atoms with Crippen LogP contribution in [-0.4, -0.2) is 40.4 Å². The molecule has 0 aromatic heterocycles. The molecule has 0 atom stereocenters. The molecule has 0 aliphatic rings. The van der Waals surface area contributed by atoms with Crippen LogP contribution in [0.25, 0.3) is 0 Å². The van der Waals surface area contributed by atoms with Crippen molar-refractivity contribution in [3.63, 3.8) is 0 Å². The van der Waals surface area contributed by atoms with Crippen molar-refractivity contribution in [2.24, 2.45) is 4.99 Å². The van der Waals surface area contributed by atoms with E-state index < -0.39 is 10.0 Å². The van der Waals surface area contributed by atoms with Crippen LogP contribution in [0.2, 0.25) is 0 Å². The maximum atomic E-state index is 11.8. The Morgan fingerprint density at radius 1 is 1.00 bits per heavy atom. The van der Waals surface area contributed by atoms with Gasteiger partial charge < -0.3 is 10.2 Å². The minimum atomic E-state index is -3.41. The first-order valence-electron chi connectivity index (χ1n) is 8.91. The van der Waals surface area contributed by atoms with Gasteiger partial charge in [0.1, 0.15) is 0 Å². The first kappa shape index (κ1) is 20.9. The molecule has 0 radical (unpaired) electrons. The molecule has 0 heterocycles. The molecule has 146 valence electrons. The minimum Gasteiger partial charge on any atom is -0.352 e. The normalized spacial score (nSPS) is 12.1. The Bertz CT molecular complexity index is 860. The van der Waals surface area contributed by atoms with Crippen LogP contribution in [0.15, 0.2) is 58.4 Å². The first-order valence-corrected chi connectivity index (χ1v) is 10.4. The van der Waals surface area contributed by atoms with Crippen LogP contribution in [0.5, 0.6) is 0 Å². The third-order valence-electron chi connectivity index (χ3n) is 4.38. The Morgan fingerprint density at radius 3 is 2.07 bits per heavy atom. The highest BCUT2D eigenvalue weighted by Crippen LogP contribution is 2.11. The second kappa shape index (κ2) is 9.53. The van der Waals surface area contributed by atoms with E-state index in [1.165, 1.54) is 18.2 Å². The summed E-state index contributed by atoms with van der Waals surface area (Å²) >= 11 is 0. The van der Waals surface area contributed by atoms with Gasteiger partial charge in [0.25, 0.3) is 0 Å². The Hall–Kier alpha value is -2.38. The average molecular weight is 389 g/mol. The van der Waals surface area contributed by atoms with E-state index in [1.54, 1.807) is 31.3 Å². The van der Waals surface area contributed by atoms with Gasteiger partial charge >= 0.3 is 0 Å². The van der Waals surface area contributed by atoms with Crippen molar-refractivity contribution in [1.82, 2.24) is 14.9 Å². The number of guanidine groups is 1. The third-order valence-corrected chi connectivity index (χ3v) is 5.81. The summed E-state index contributed by atoms with van der Waals surface area (Å²) in [5.74, 6) is 0.779. The maximum absolute atomic E-state index is 11.8. The lowest BCUT2D eigenvalue weighted by molar-refractivity contribution is 0.476. The summed E-state index contributed by atoms with van der Waals surface area (Å²) in [4.78, 5) is 6.64. The van der Waals surface area contributed by atoms with Crippen LogP contribution in [0.1, 0.15) is 23.6 Å². The molecule has 0 saturated heterocycles. The average Bonchev–Trinajstić information content (AvgIpc) is 2.69. The summed E-state index contributed by atoms with van der Waals surface area (Å²) in [7, 11) is 1.74. The molecule has 0 unspecified atom stereocenters. The smallest absolute Gasteiger partial charge is 0.240 e. The van der Waals surface area contributed by atoms with E-state index in [0.29, 0.717) is 6.54 Å². The van der Waals surface area contributed by atoms with E-state index in [-0.39, 0.29) is 4.90 Å². The van der Waals surface area contributed by atoms with Gasteiger partial charge in [-0.05, 0) is 42.3 Å². The lowest BCUT2D eigenvalue weighted by Crippen LogP contribution is -2.38. The second-order valence-corrected chi connectivity index (χ2v) is 8.16. The number of benzene rings is 2. The molecule has 0 aliphatic heterocycles. The molecule has 0 amide bonds. The van der Waals surface area contributed by atoms with Crippen LogP contribution in [-0.2, 0) is 29.5 Å². The van der Waals surface area contributed by atoms with E-state index in [1.807, 2.05) is 7.05 Å². The number of hydrogen-bond acceptors (Lipinski definition) is 3. The van der Waals surface area contributed by atoms with Gasteiger partial charge in [-0.15, -0.1) is 0 Å². The van der Waals surface area contributed by atoms with Gasteiger partial charge in [0, 0.05) is 27.2 Å². The Labute approximate surface area is 162 Å². The fraction of sp³-hybridized carbons (Fsp3) is 0.350. The molecule has 0 fully saturated rings. The summed E-state index contributed by atoms with van der Waals surface area (Å²) in [5.41, 5.74) is 3.53. The lowest BCUT2D eigenvalue weighted by Gasteiger charge is -2.22. The minimum absolute atomic E-state index is 0.255. The summed E-state index contributed by atoms with van der Waals surface area (Å²) in [5, 5.41) is 3.31. The summed E-state index contributed by atoms with van der Waals surface area (Å²) in [6.45, 7) is 3.46. The zero-order chi connectivity index (χ0) is 19.9. The van der Waals surface area contributed by atoms with Gasteiger partial charge in [0.2, 0.25) is 10.0 Å². The van der Waals surface area contributed by atoms with Crippen molar-refractivity contribution in [3.05, 3.63) is 65.2 Å². The zero-order valence-electron chi connectivity index (χ0n) is 16.4. The molecule has 27 heavy (non-hydrogen) atoms. The topological polar surface area (TPSA) is 73.8 Å². The molecule has 0 saturated carbocycles. The molecule has 2 aromatic carbocycles. The predicted molar refractivity (Wildman–Crippen MR) is 110 cm³/mol. The van der Waals surface area contributed by atoms with Crippen molar-refractivity contribution in [2.75, 3.05) is 21.1 Å². The van der Waals surface area contributed by atoms with Crippen LogP contribution in [0.3, 0.4) is 0 Å². The number of aliphatic imine (C=N–C) groups is 1. The Morgan fingerprint density at radius 2 is 1.56 bits per heavy atom. The Kier molecular flexibility index (Phi) is 7.38. The van der Waals surface area contributed by atoms with Gasteiger partial charge in [-0.25, -0.2) is 13.1 Å². The van der Waals surface area contributed by atoms with Gasteiger partial charge in [-0.3, -0.25) is 4.99 Å². The highest BCUT2D eigenvalue weighted by atomic mass is 32.2. The molecule has 2 rings (SSSR count). The zero-order valence-corrected chi connectivity index (χ0v) is 17.2. The number of rotatable bonds is 7. The van der Waals surface area contributed by atoms with E-state index in [0.717, 1.165) is 24.5 Å². The van der Waals surface area contributed by atoms with Gasteiger partial charge in [-0.2, -0.15) is 0 Å². The molecule has 2 aromatic rings. The lowest BCUT2D eigenvalue weighted by atomic mass is 10.1. The molecule has 0 bridgehead atoms. The third kappa shape index (κ3) is 5.80. The van der Waals surface area contributed by atoms with E-state index in [4.69, 9.17) is 0 Å². The van der Waals surface area contributed by atoms with E-state index in [2.05, 4.69) is 51.1 Å². The van der Waals surface area contributed by atoms with Gasteiger partial charge in [0.05, 0.1) is 4.90 Å². The highest BCUT2D eigenvalue weighted by molar-refractivity contribution is 7.89. The largest absolute Gasteiger partial charge is 0.352 e. The molecule has 2 N–H and O–H groups in total. The number of nitrogens with zero attached hydrogens (tertiary/aromatic N) is 2. The molecule has 7 heteroatoms. The number of sulfonamides is 1. The van der Waals surface area contributed by atoms with E-state index >= 15 is 0 Å². The second-order valence-electron chi connectivity index (χ2n) is 6.28. The first-order chi connectivity index (χ1) is 12.9. The van der Waals surface area contributed by atoms with E-state index in [9.17, 15) is 8.42 Å². The highest BCUT2D eigenvalue weighted by Gasteiger charge is 2.11. The molecule has 6 nitrogen and oxygen atoms in total. The number of hydrogen-bond donors (Lipinski definition) is 2. The van der Waals surface area contributed by atoms with Crippen LogP contribution in [0, 0.1) is 0 Å². The van der Waals surface area contributed by atoms with Crippen LogP contribution in [0.4, 0.5) is 0 Å². The van der Waals surface area contributed by atoms with Gasteiger partial charge in [0.15, 0.2) is 5.96 Å². The summed E-state index contributed by atoms with van der Waals surface area (Å²) < 4.78 is 25.9. The quantitative estimate of drug-likeness (QED) is 0.564. The molecule has 0 spiro atoms. The maximum Gasteiger partial charge on any atom is 0.240 e. The summed E-state index contributed by atoms with van der Waals surface area (Å²) in [6, 6.07) is 15.4. The Balaban J connectivity index is 1.96. The van der Waals surface area contributed by atoms with Crippen molar-refractivity contribution in [2.45, 2.75) is 31.3 Å². The summed E-state index contributed by atoms with van der Waals surface area (Å²) in [6.07, 6.45) is 1.04.